The minimum absolute atomic E-state index is 0.334. The molecule has 2 atom stereocenters. The Morgan fingerprint density at radius 1 is 1.15 bits per heavy atom. The van der Waals surface area contributed by atoms with Crippen LogP contribution in [-0.2, 0) is 4.79 Å². The summed E-state index contributed by atoms with van der Waals surface area (Å²) in [6, 6.07) is 8.92. The molecule has 0 aliphatic heterocycles. The first-order valence-corrected chi connectivity index (χ1v) is 10.4. The predicted octanol–water partition coefficient (Wildman–Crippen LogP) is 5.81. The van der Waals surface area contributed by atoms with Gasteiger partial charge in [0.25, 0.3) is 0 Å². The molecule has 2 N–H and O–H groups in total. The van der Waals surface area contributed by atoms with Gasteiger partial charge in [-0.05, 0) is 67.2 Å². The second-order valence-electron chi connectivity index (χ2n) is 8.35. The summed E-state index contributed by atoms with van der Waals surface area (Å²) < 4.78 is 0. The number of carboxylic acids is 1. The highest BCUT2D eigenvalue weighted by Gasteiger charge is 2.24. The van der Waals surface area contributed by atoms with Gasteiger partial charge in [0.2, 0.25) is 0 Å². The van der Waals surface area contributed by atoms with Gasteiger partial charge < -0.3 is 10.4 Å². The van der Waals surface area contributed by atoms with Crippen LogP contribution in [0.2, 0.25) is 0 Å². The van der Waals surface area contributed by atoms with Crippen LogP contribution < -0.4 is 5.32 Å². The van der Waals surface area contributed by atoms with E-state index in [-0.39, 0.29) is 0 Å². The molecule has 0 heterocycles. The summed E-state index contributed by atoms with van der Waals surface area (Å²) in [6.45, 7) is 13.2. The average molecular weight is 362 g/mol. The molecule has 1 aliphatic rings. The zero-order valence-corrected chi connectivity index (χ0v) is 17.4. The van der Waals surface area contributed by atoms with Gasteiger partial charge in [-0.25, -0.2) is 0 Å². The van der Waals surface area contributed by atoms with Gasteiger partial charge in [0, 0.05) is 6.42 Å². The van der Waals surface area contributed by atoms with E-state index >= 15 is 0 Å². The van der Waals surface area contributed by atoms with Crippen LogP contribution in [0.3, 0.4) is 0 Å². The summed E-state index contributed by atoms with van der Waals surface area (Å²) in [5.74, 6) is 1.63. The number of benzene rings is 1. The van der Waals surface area contributed by atoms with Crippen molar-refractivity contribution in [1.82, 2.24) is 5.32 Å². The fourth-order valence-electron chi connectivity index (χ4n) is 3.61. The summed E-state index contributed by atoms with van der Waals surface area (Å²) in [6.07, 6.45) is 4.81. The van der Waals surface area contributed by atoms with Crippen LogP contribution >= 0.6 is 0 Å². The molecule has 3 heteroatoms. The Bertz CT molecular complexity index is 507. The topological polar surface area (TPSA) is 49.3 Å². The van der Waals surface area contributed by atoms with Crippen molar-refractivity contribution in [3.63, 3.8) is 0 Å². The van der Waals surface area contributed by atoms with Crippen LogP contribution in [0, 0.1) is 11.8 Å². The Hall–Kier alpha value is -1.35. The lowest BCUT2D eigenvalue weighted by Crippen LogP contribution is -2.18. The van der Waals surface area contributed by atoms with Crippen LogP contribution in [0.25, 0.3) is 0 Å². The van der Waals surface area contributed by atoms with Crippen molar-refractivity contribution in [1.29, 1.82) is 0 Å². The molecule has 0 spiro atoms. The van der Waals surface area contributed by atoms with E-state index < -0.39 is 5.97 Å². The molecule has 26 heavy (non-hydrogen) atoms. The lowest BCUT2D eigenvalue weighted by molar-refractivity contribution is -0.138. The molecule has 0 saturated heterocycles. The molecule has 1 aromatic carbocycles. The van der Waals surface area contributed by atoms with Crippen LogP contribution in [0.1, 0.15) is 89.7 Å². The summed E-state index contributed by atoms with van der Waals surface area (Å²) in [5, 5.41) is 12.2. The zero-order chi connectivity index (χ0) is 19.5. The largest absolute Gasteiger partial charge is 0.481 e. The average Bonchev–Trinajstić information content (AvgIpc) is 2.60. The standard InChI is InChI=1S/C17H24O2.C6H15N/c1-12(2)14-6-8-15(9-7-14)16-5-3-4-13(10-16)11-17(18)19;1-4-7-5-6(2)3/h6-9,12-13,16H,3-5,10-11H2,1-2H3,(H,18,19);6-7H,4-5H2,1-3H3. The van der Waals surface area contributed by atoms with Crippen molar-refractivity contribution in [3.05, 3.63) is 35.4 Å². The van der Waals surface area contributed by atoms with E-state index in [1.807, 2.05) is 0 Å². The highest BCUT2D eigenvalue weighted by Crippen LogP contribution is 2.37. The Kier molecular flexibility index (Phi) is 10.6. The lowest BCUT2D eigenvalue weighted by atomic mass is 9.76. The van der Waals surface area contributed by atoms with Gasteiger partial charge in [0.15, 0.2) is 0 Å². The Morgan fingerprint density at radius 3 is 2.27 bits per heavy atom. The van der Waals surface area contributed by atoms with Crippen LogP contribution in [-0.4, -0.2) is 24.2 Å². The quantitative estimate of drug-likeness (QED) is 0.644. The highest BCUT2D eigenvalue weighted by atomic mass is 16.4. The van der Waals surface area contributed by atoms with E-state index in [0.29, 0.717) is 24.2 Å². The van der Waals surface area contributed by atoms with Crippen LogP contribution in [0.5, 0.6) is 0 Å². The van der Waals surface area contributed by atoms with Crippen molar-refractivity contribution >= 4 is 5.97 Å². The summed E-state index contributed by atoms with van der Waals surface area (Å²) in [4.78, 5) is 10.8. The molecule has 2 unspecified atom stereocenters. The molecule has 1 aromatic rings. The molecule has 0 radical (unpaired) electrons. The zero-order valence-electron chi connectivity index (χ0n) is 17.4. The first kappa shape index (κ1) is 22.7. The number of rotatable bonds is 7. The molecular weight excluding hydrogens is 322 g/mol. The smallest absolute Gasteiger partial charge is 0.303 e. The van der Waals surface area contributed by atoms with E-state index in [1.165, 1.54) is 17.5 Å². The van der Waals surface area contributed by atoms with Crippen molar-refractivity contribution in [2.24, 2.45) is 11.8 Å². The third-order valence-electron chi connectivity index (χ3n) is 5.12. The van der Waals surface area contributed by atoms with Gasteiger partial charge in [0.05, 0.1) is 0 Å². The van der Waals surface area contributed by atoms with Crippen molar-refractivity contribution in [2.45, 2.75) is 78.6 Å². The third-order valence-corrected chi connectivity index (χ3v) is 5.12. The maximum absolute atomic E-state index is 10.8. The predicted molar refractivity (Wildman–Crippen MR) is 111 cm³/mol. The van der Waals surface area contributed by atoms with E-state index in [9.17, 15) is 4.79 Å². The number of aliphatic carboxylic acids is 1. The second kappa shape index (κ2) is 12.1. The van der Waals surface area contributed by atoms with Gasteiger partial charge >= 0.3 is 5.97 Å². The van der Waals surface area contributed by atoms with Crippen molar-refractivity contribution in [3.8, 4) is 0 Å². The van der Waals surface area contributed by atoms with Crippen LogP contribution in [0.15, 0.2) is 24.3 Å². The molecule has 0 bridgehead atoms. The molecule has 1 aliphatic carbocycles. The van der Waals surface area contributed by atoms with Crippen molar-refractivity contribution in [2.75, 3.05) is 13.1 Å². The normalized spacial score (nSPS) is 20.0. The number of carbonyl (C=O) groups is 1. The summed E-state index contributed by atoms with van der Waals surface area (Å²) in [5.41, 5.74) is 2.76. The monoisotopic (exact) mass is 361 g/mol. The number of carboxylic acid groups (broad SMARTS) is 1. The molecule has 1 fully saturated rings. The molecule has 148 valence electrons. The maximum Gasteiger partial charge on any atom is 0.303 e. The lowest BCUT2D eigenvalue weighted by Gasteiger charge is -2.28. The minimum atomic E-state index is -0.652. The third kappa shape index (κ3) is 8.84. The number of nitrogens with one attached hydrogen (secondary N) is 1. The van der Waals surface area contributed by atoms with E-state index in [2.05, 4.69) is 64.2 Å². The van der Waals surface area contributed by atoms with Gasteiger partial charge in [-0.1, -0.05) is 65.3 Å². The highest BCUT2D eigenvalue weighted by molar-refractivity contribution is 5.67. The Morgan fingerprint density at radius 2 is 1.81 bits per heavy atom. The molecule has 1 saturated carbocycles. The first-order valence-electron chi connectivity index (χ1n) is 10.4. The van der Waals surface area contributed by atoms with E-state index in [1.54, 1.807) is 0 Å². The van der Waals surface area contributed by atoms with E-state index in [4.69, 9.17) is 5.11 Å². The Balaban J connectivity index is 0.000000412. The SMILES string of the molecule is CC(C)c1ccc(C2CCCC(CC(=O)O)C2)cc1.CCNCC(C)C. The van der Waals surface area contributed by atoms with Gasteiger partial charge in [-0.2, -0.15) is 0 Å². The Labute approximate surface area is 160 Å². The van der Waals surface area contributed by atoms with Crippen molar-refractivity contribution < 1.29 is 9.90 Å². The first-order chi connectivity index (χ1) is 12.3. The molecule has 0 aromatic heterocycles. The number of hydrogen-bond acceptors (Lipinski definition) is 2. The fourth-order valence-corrected chi connectivity index (χ4v) is 3.61. The van der Waals surface area contributed by atoms with Gasteiger partial charge in [-0.3, -0.25) is 4.79 Å². The second-order valence-corrected chi connectivity index (χ2v) is 8.35. The molecule has 0 amide bonds. The number of hydrogen-bond donors (Lipinski definition) is 2. The summed E-state index contributed by atoms with van der Waals surface area (Å²) >= 11 is 0. The van der Waals surface area contributed by atoms with Gasteiger partial charge in [-0.15, -0.1) is 0 Å². The molecular formula is C23H39NO2. The van der Waals surface area contributed by atoms with E-state index in [0.717, 1.165) is 38.3 Å². The van der Waals surface area contributed by atoms with Gasteiger partial charge in [0.1, 0.15) is 0 Å². The summed E-state index contributed by atoms with van der Waals surface area (Å²) in [7, 11) is 0. The molecule has 3 nitrogen and oxygen atoms in total. The minimum Gasteiger partial charge on any atom is -0.481 e. The van der Waals surface area contributed by atoms with Crippen LogP contribution in [0.4, 0.5) is 0 Å². The molecule has 2 rings (SSSR count). The maximum atomic E-state index is 10.8. The fraction of sp³-hybridized carbons (Fsp3) is 0.696.